The summed E-state index contributed by atoms with van der Waals surface area (Å²) in [5.74, 6) is 0.275. The van der Waals surface area contributed by atoms with E-state index < -0.39 is 0 Å². The molecule has 0 saturated carbocycles. The molecule has 0 bridgehead atoms. The van der Waals surface area contributed by atoms with Crippen LogP contribution in [0, 0.1) is 6.92 Å². The minimum Gasteiger partial charge on any atom is -0.320 e. The van der Waals surface area contributed by atoms with Crippen LogP contribution >= 0.6 is 0 Å². The van der Waals surface area contributed by atoms with Crippen LogP contribution in [-0.2, 0) is 6.42 Å². The molecular weight excluding hydrogens is 212 g/mol. The van der Waals surface area contributed by atoms with Gasteiger partial charge in [0, 0.05) is 36.3 Å². The van der Waals surface area contributed by atoms with Gasteiger partial charge in [-0.25, -0.2) is 0 Å². The second kappa shape index (κ2) is 3.84. The standard InChI is InChI=1S/C14H14N2O/c1-10-9-15-7-5-12(10)16-8-6-11-13(16)3-2-4-14(11)17/h5-9H,2-4H2,1H3. The Morgan fingerprint density at radius 3 is 3.00 bits per heavy atom. The Labute approximate surface area is 100 Å². The molecule has 86 valence electrons. The topological polar surface area (TPSA) is 34.9 Å². The molecule has 2 aromatic rings. The second-order valence-electron chi connectivity index (χ2n) is 4.49. The first-order chi connectivity index (χ1) is 8.27. The highest BCUT2D eigenvalue weighted by molar-refractivity contribution is 5.98. The zero-order valence-electron chi connectivity index (χ0n) is 9.81. The van der Waals surface area contributed by atoms with Gasteiger partial charge in [0.25, 0.3) is 0 Å². The summed E-state index contributed by atoms with van der Waals surface area (Å²) < 4.78 is 2.13. The second-order valence-corrected chi connectivity index (χ2v) is 4.49. The first-order valence-electron chi connectivity index (χ1n) is 5.92. The molecule has 0 aromatic carbocycles. The average Bonchev–Trinajstić information content (AvgIpc) is 2.75. The van der Waals surface area contributed by atoms with Crippen molar-refractivity contribution < 1.29 is 4.79 Å². The van der Waals surface area contributed by atoms with E-state index in [1.807, 2.05) is 31.5 Å². The third-order valence-electron chi connectivity index (χ3n) is 3.36. The van der Waals surface area contributed by atoms with Crippen LogP contribution in [0.15, 0.2) is 30.7 Å². The third kappa shape index (κ3) is 1.58. The maximum absolute atomic E-state index is 11.8. The summed E-state index contributed by atoms with van der Waals surface area (Å²) in [6.07, 6.45) is 8.27. The first-order valence-corrected chi connectivity index (χ1v) is 5.92. The number of pyridine rings is 1. The average molecular weight is 226 g/mol. The van der Waals surface area contributed by atoms with E-state index in [-0.39, 0.29) is 5.78 Å². The van der Waals surface area contributed by atoms with Gasteiger partial charge in [0.1, 0.15) is 0 Å². The van der Waals surface area contributed by atoms with Crippen molar-refractivity contribution in [1.82, 2.24) is 9.55 Å². The molecule has 2 heterocycles. The van der Waals surface area contributed by atoms with E-state index >= 15 is 0 Å². The van der Waals surface area contributed by atoms with Gasteiger partial charge in [-0.1, -0.05) is 0 Å². The van der Waals surface area contributed by atoms with Gasteiger partial charge in [0.05, 0.1) is 5.69 Å². The number of fused-ring (bicyclic) bond motifs is 1. The predicted molar refractivity (Wildman–Crippen MR) is 65.6 cm³/mol. The van der Waals surface area contributed by atoms with Crippen LogP contribution in [0.4, 0.5) is 0 Å². The van der Waals surface area contributed by atoms with E-state index in [4.69, 9.17) is 0 Å². The maximum Gasteiger partial charge on any atom is 0.164 e. The van der Waals surface area contributed by atoms with Crippen molar-refractivity contribution in [2.75, 3.05) is 0 Å². The Balaban J connectivity index is 2.17. The summed E-state index contributed by atoms with van der Waals surface area (Å²) in [7, 11) is 0. The molecule has 0 unspecified atom stereocenters. The fourth-order valence-electron chi connectivity index (χ4n) is 2.49. The monoisotopic (exact) mass is 226 g/mol. The highest BCUT2D eigenvalue weighted by atomic mass is 16.1. The molecule has 3 nitrogen and oxygen atoms in total. The molecular formula is C14H14N2O. The third-order valence-corrected chi connectivity index (χ3v) is 3.36. The Morgan fingerprint density at radius 2 is 2.18 bits per heavy atom. The summed E-state index contributed by atoms with van der Waals surface area (Å²) in [6.45, 7) is 2.04. The lowest BCUT2D eigenvalue weighted by atomic mass is 9.96. The number of ketones is 1. The van der Waals surface area contributed by atoms with Crippen LogP contribution in [0.2, 0.25) is 0 Å². The molecule has 0 atom stereocenters. The smallest absolute Gasteiger partial charge is 0.164 e. The predicted octanol–water partition coefficient (Wildman–Crippen LogP) is 2.70. The Kier molecular flexibility index (Phi) is 2.32. The summed E-state index contributed by atoms with van der Waals surface area (Å²) in [6, 6.07) is 3.94. The van der Waals surface area contributed by atoms with E-state index in [1.165, 1.54) is 0 Å². The van der Waals surface area contributed by atoms with Gasteiger partial charge in [-0.2, -0.15) is 0 Å². The zero-order valence-corrected chi connectivity index (χ0v) is 9.81. The number of carbonyl (C=O) groups excluding carboxylic acids is 1. The van der Waals surface area contributed by atoms with Gasteiger partial charge in [0.15, 0.2) is 5.78 Å². The van der Waals surface area contributed by atoms with Crippen LogP contribution in [0.5, 0.6) is 0 Å². The van der Waals surface area contributed by atoms with Gasteiger partial charge < -0.3 is 4.57 Å². The van der Waals surface area contributed by atoms with Gasteiger partial charge in [0.2, 0.25) is 0 Å². The van der Waals surface area contributed by atoms with E-state index in [0.717, 1.165) is 35.3 Å². The highest BCUT2D eigenvalue weighted by Crippen LogP contribution is 2.26. The lowest BCUT2D eigenvalue weighted by Gasteiger charge is -2.16. The number of hydrogen-bond donors (Lipinski definition) is 0. The fourth-order valence-corrected chi connectivity index (χ4v) is 2.49. The number of Topliss-reactive ketones (excluding diaryl/α,β-unsaturated/α-hetero) is 1. The quantitative estimate of drug-likeness (QED) is 0.749. The SMILES string of the molecule is Cc1cnccc1-n1ccc2c1CCCC2=O. The van der Waals surface area contributed by atoms with Crippen LogP contribution in [0.3, 0.4) is 0 Å². The molecule has 17 heavy (non-hydrogen) atoms. The lowest BCUT2D eigenvalue weighted by Crippen LogP contribution is -2.12. The van der Waals surface area contributed by atoms with Crippen LogP contribution in [0.25, 0.3) is 5.69 Å². The molecule has 1 aliphatic rings. The first kappa shape index (κ1) is 10.3. The van der Waals surface area contributed by atoms with Crippen LogP contribution in [-0.4, -0.2) is 15.3 Å². The molecule has 0 amide bonds. The molecule has 1 aliphatic carbocycles. The summed E-state index contributed by atoms with van der Waals surface area (Å²) in [5, 5.41) is 0. The molecule has 0 radical (unpaired) electrons. The van der Waals surface area contributed by atoms with Crippen molar-refractivity contribution in [3.8, 4) is 5.69 Å². The highest BCUT2D eigenvalue weighted by Gasteiger charge is 2.21. The number of nitrogens with zero attached hydrogens (tertiary/aromatic N) is 2. The van der Waals surface area contributed by atoms with Crippen molar-refractivity contribution in [2.45, 2.75) is 26.2 Å². The normalized spacial score (nSPS) is 14.8. The van der Waals surface area contributed by atoms with Crippen LogP contribution < -0.4 is 0 Å². The van der Waals surface area contributed by atoms with Gasteiger partial charge in [-0.15, -0.1) is 0 Å². The molecule has 0 fully saturated rings. The Morgan fingerprint density at radius 1 is 1.29 bits per heavy atom. The van der Waals surface area contributed by atoms with Gasteiger partial charge in [-0.3, -0.25) is 9.78 Å². The zero-order chi connectivity index (χ0) is 11.8. The summed E-state index contributed by atoms with van der Waals surface area (Å²) in [4.78, 5) is 15.9. The largest absolute Gasteiger partial charge is 0.320 e. The molecule has 3 heteroatoms. The molecule has 0 N–H and O–H groups in total. The number of aryl methyl sites for hydroxylation is 1. The molecule has 3 rings (SSSR count). The van der Waals surface area contributed by atoms with E-state index in [0.29, 0.717) is 6.42 Å². The maximum atomic E-state index is 11.8. The number of rotatable bonds is 1. The molecule has 0 spiro atoms. The summed E-state index contributed by atoms with van der Waals surface area (Å²) in [5.41, 5.74) is 4.29. The van der Waals surface area contributed by atoms with Gasteiger partial charge >= 0.3 is 0 Å². The van der Waals surface area contributed by atoms with Crippen molar-refractivity contribution in [3.63, 3.8) is 0 Å². The number of carbonyl (C=O) groups is 1. The molecule has 0 aliphatic heterocycles. The number of hydrogen-bond acceptors (Lipinski definition) is 2. The lowest BCUT2D eigenvalue weighted by molar-refractivity contribution is 0.0972. The number of aromatic nitrogens is 2. The van der Waals surface area contributed by atoms with Crippen molar-refractivity contribution in [3.05, 3.63) is 47.5 Å². The van der Waals surface area contributed by atoms with Crippen molar-refractivity contribution in [2.24, 2.45) is 0 Å². The van der Waals surface area contributed by atoms with Gasteiger partial charge in [-0.05, 0) is 37.5 Å². The van der Waals surface area contributed by atoms with E-state index in [1.54, 1.807) is 6.20 Å². The van der Waals surface area contributed by atoms with E-state index in [9.17, 15) is 4.79 Å². The van der Waals surface area contributed by atoms with Crippen molar-refractivity contribution >= 4 is 5.78 Å². The Hall–Kier alpha value is -1.90. The summed E-state index contributed by atoms with van der Waals surface area (Å²) >= 11 is 0. The van der Waals surface area contributed by atoms with Crippen LogP contribution in [0.1, 0.15) is 34.5 Å². The molecule has 2 aromatic heterocycles. The Bertz CT molecular complexity index is 584. The molecule has 0 saturated heterocycles. The minimum absolute atomic E-state index is 0.275. The fraction of sp³-hybridized carbons (Fsp3) is 0.286. The minimum atomic E-state index is 0.275. The van der Waals surface area contributed by atoms with E-state index in [2.05, 4.69) is 9.55 Å². The van der Waals surface area contributed by atoms with Crippen molar-refractivity contribution in [1.29, 1.82) is 0 Å².